The lowest BCUT2D eigenvalue weighted by atomic mass is 10.0. The second kappa shape index (κ2) is 7.84. The molecule has 1 aliphatic carbocycles. The fourth-order valence-corrected chi connectivity index (χ4v) is 2.47. The van der Waals surface area contributed by atoms with Crippen molar-refractivity contribution in [2.75, 3.05) is 7.11 Å². The minimum Gasteiger partial charge on any atom is -0.497 e. The molecule has 1 aromatic rings. The Bertz CT molecular complexity index is 526. The summed E-state index contributed by atoms with van der Waals surface area (Å²) in [4.78, 5) is 3.87. The summed E-state index contributed by atoms with van der Waals surface area (Å²) >= 11 is 0. The first-order valence-electron chi connectivity index (χ1n) is 7.97. The predicted octanol–water partition coefficient (Wildman–Crippen LogP) is 3.65. The van der Waals surface area contributed by atoms with E-state index in [-0.39, 0.29) is 6.42 Å². The lowest BCUT2D eigenvalue weighted by Gasteiger charge is -2.21. The van der Waals surface area contributed by atoms with Gasteiger partial charge in [-0.05, 0) is 36.6 Å². The van der Waals surface area contributed by atoms with Gasteiger partial charge in [0.2, 0.25) is 0 Å². The fraction of sp³-hybridized carbons (Fsp3) is 0.588. The highest BCUT2D eigenvalue weighted by Crippen LogP contribution is 2.35. The lowest BCUT2D eigenvalue weighted by molar-refractivity contribution is 0.0516. The number of aliphatic imine (C=N–C) groups is 1. The first kappa shape index (κ1) is 17.8. The molecule has 6 heteroatoms. The van der Waals surface area contributed by atoms with Gasteiger partial charge in [0.05, 0.1) is 12.8 Å². The second-order valence-electron chi connectivity index (χ2n) is 6.03. The van der Waals surface area contributed by atoms with E-state index in [0.717, 1.165) is 18.8 Å². The molecular formula is C17H24F2N2O2. The minimum absolute atomic E-state index is 0.308. The van der Waals surface area contributed by atoms with Gasteiger partial charge in [-0.2, -0.15) is 8.78 Å². The summed E-state index contributed by atoms with van der Waals surface area (Å²) in [7, 11) is 1.52. The normalized spacial score (nSPS) is 17.2. The Morgan fingerprint density at radius 3 is 2.52 bits per heavy atom. The number of nitrogens with two attached hydrogens (primary N) is 1. The van der Waals surface area contributed by atoms with E-state index < -0.39 is 17.9 Å². The van der Waals surface area contributed by atoms with E-state index in [1.54, 1.807) is 24.3 Å². The van der Waals surface area contributed by atoms with Crippen LogP contribution >= 0.6 is 0 Å². The fourth-order valence-electron chi connectivity index (χ4n) is 2.47. The van der Waals surface area contributed by atoms with Crippen molar-refractivity contribution in [2.24, 2.45) is 16.6 Å². The van der Waals surface area contributed by atoms with Crippen molar-refractivity contribution in [2.45, 2.75) is 50.7 Å². The largest absolute Gasteiger partial charge is 0.497 e. The molecule has 0 amide bonds. The highest BCUT2D eigenvalue weighted by atomic mass is 19.3. The van der Waals surface area contributed by atoms with Crippen molar-refractivity contribution < 1.29 is 18.6 Å². The van der Waals surface area contributed by atoms with Gasteiger partial charge in [0.1, 0.15) is 17.7 Å². The third-order valence-corrected chi connectivity index (χ3v) is 4.03. The van der Waals surface area contributed by atoms with Crippen molar-refractivity contribution in [1.82, 2.24) is 0 Å². The molecule has 1 unspecified atom stereocenters. The summed E-state index contributed by atoms with van der Waals surface area (Å²) in [6.07, 6.45) is 2.50. The number of unbranched alkanes of at least 4 members (excludes halogenated alkanes) is 1. The van der Waals surface area contributed by atoms with Gasteiger partial charge in [0.15, 0.2) is 0 Å². The quantitative estimate of drug-likeness (QED) is 0.413. The smallest absolute Gasteiger partial charge is 0.289 e. The number of ether oxygens (including phenoxy) is 1. The highest BCUT2D eigenvalue weighted by molar-refractivity contribution is 5.96. The van der Waals surface area contributed by atoms with Crippen LogP contribution in [0.1, 0.15) is 38.5 Å². The first-order chi connectivity index (χ1) is 10.9. The Labute approximate surface area is 135 Å². The third-order valence-electron chi connectivity index (χ3n) is 4.03. The van der Waals surface area contributed by atoms with Crippen molar-refractivity contribution in [3.8, 4) is 5.75 Å². The molecule has 0 bridgehead atoms. The molecule has 4 nitrogen and oxygen atoms in total. The molecule has 0 aliphatic heterocycles. The molecule has 3 N–H and O–H groups in total. The SMILES string of the molecule is COc1ccc(N=C(C(N)O)C(F)(F)CCCCC2CC2)cc1. The van der Waals surface area contributed by atoms with Crippen LogP contribution in [0.4, 0.5) is 14.5 Å². The van der Waals surface area contributed by atoms with Crippen LogP contribution in [-0.2, 0) is 0 Å². The van der Waals surface area contributed by atoms with E-state index in [0.29, 0.717) is 17.9 Å². The van der Waals surface area contributed by atoms with Gasteiger partial charge in [-0.1, -0.05) is 25.7 Å². The minimum atomic E-state index is -3.21. The number of hydrogen-bond acceptors (Lipinski definition) is 4. The highest BCUT2D eigenvalue weighted by Gasteiger charge is 2.38. The zero-order valence-electron chi connectivity index (χ0n) is 13.3. The maximum absolute atomic E-state index is 14.3. The molecule has 0 spiro atoms. The van der Waals surface area contributed by atoms with E-state index >= 15 is 0 Å². The molecule has 1 fully saturated rings. The van der Waals surface area contributed by atoms with Crippen LogP contribution in [0.5, 0.6) is 5.75 Å². The van der Waals surface area contributed by atoms with Gasteiger partial charge in [-0.25, -0.2) is 4.99 Å². The molecule has 1 aliphatic rings. The Morgan fingerprint density at radius 1 is 1.35 bits per heavy atom. The van der Waals surface area contributed by atoms with Gasteiger partial charge in [-0.3, -0.25) is 0 Å². The summed E-state index contributed by atoms with van der Waals surface area (Å²) in [6.45, 7) is 0. The average Bonchev–Trinajstić information content (AvgIpc) is 3.33. The number of aliphatic hydroxyl groups excluding tert-OH is 1. The van der Waals surface area contributed by atoms with E-state index in [2.05, 4.69) is 4.99 Å². The van der Waals surface area contributed by atoms with Gasteiger partial charge >= 0.3 is 0 Å². The van der Waals surface area contributed by atoms with Gasteiger partial charge in [0, 0.05) is 6.42 Å². The summed E-state index contributed by atoms with van der Waals surface area (Å²) in [5, 5.41) is 9.51. The molecule has 2 rings (SSSR count). The van der Waals surface area contributed by atoms with Crippen LogP contribution in [0.2, 0.25) is 0 Å². The summed E-state index contributed by atoms with van der Waals surface area (Å²) < 4.78 is 33.6. The van der Waals surface area contributed by atoms with Crippen LogP contribution in [0.25, 0.3) is 0 Å². The predicted molar refractivity (Wildman–Crippen MR) is 86.4 cm³/mol. The average molecular weight is 326 g/mol. The zero-order valence-corrected chi connectivity index (χ0v) is 13.3. The molecule has 0 aromatic heterocycles. The molecule has 1 aromatic carbocycles. The number of methoxy groups -OCH3 is 1. The molecule has 1 atom stereocenters. The summed E-state index contributed by atoms with van der Waals surface area (Å²) in [6, 6.07) is 6.33. The number of hydrogen-bond donors (Lipinski definition) is 2. The van der Waals surface area contributed by atoms with E-state index in [1.165, 1.54) is 20.0 Å². The second-order valence-corrected chi connectivity index (χ2v) is 6.03. The Balaban J connectivity index is 2.02. The maximum atomic E-state index is 14.3. The van der Waals surface area contributed by atoms with Gasteiger partial charge in [-0.15, -0.1) is 0 Å². The molecule has 0 saturated heterocycles. The molecule has 0 heterocycles. The Hall–Kier alpha value is -1.53. The lowest BCUT2D eigenvalue weighted by Crippen LogP contribution is -2.43. The van der Waals surface area contributed by atoms with E-state index in [4.69, 9.17) is 10.5 Å². The van der Waals surface area contributed by atoms with E-state index in [1.807, 2.05) is 0 Å². The number of rotatable bonds is 9. The number of halogens is 2. The van der Waals surface area contributed by atoms with Crippen LogP contribution in [0.3, 0.4) is 0 Å². The Morgan fingerprint density at radius 2 is 2.00 bits per heavy atom. The Kier molecular flexibility index (Phi) is 6.07. The molecule has 1 saturated carbocycles. The van der Waals surface area contributed by atoms with Crippen LogP contribution < -0.4 is 10.5 Å². The first-order valence-corrected chi connectivity index (χ1v) is 7.97. The van der Waals surface area contributed by atoms with Crippen LogP contribution in [0.15, 0.2) is 29.3 Å². The number of alkyl halides is 2. The molecule has 23 heavy (non-hydrogen) atoms. The van der Waals surface area contributed by atoms with Gasteiger partial charge < -0.3 is 15.6 Å². The standard InChI is InChI=1S/C17H24F2N2O2/c1-23-14-9-7-13(8-10-14)21-15(16(20)22)17(18,19)11-3-2-4-12-5-6-12/h7-10,12,16,22H,2-6,11,20H2,1H3. The zero-order chi connectivity index (χ0) is 16.9. The molecule has 128 valence electrons. The van der Waals surface area contributed by atoms with Crippen LogP contribution in [0, 0.1) is 5.92 Å². The van der Waals surface area contributed by atoms with Crippen LogP contribution in [-0.4, -0.2) is 30.1 Å². The summed E-state index contributed by atoms with van der Waals surface area (Å²) in [5.41, 5.74) is 4.93. The maximum Gasteiger partial charge on any atom is 0.289 e. The van der Waals surface area contributed by atoms with Crippen molar-refractivity contribution in [3.05, 3.63) is 24.3 Å². The van der Waals surface area contributed by atoms with Gasteiger partial charge in [0.25, 0.3) is 5.92 Å². The van der Waals surface area contributed by atoms with Crippen molar-refractivity contribution >= 4 is 11.4 Å². The number of aliphatic hydroxyl groups is 1. The molecular weight excluding hydrogens is 302 g/mol. The van der Waals surface area contributed by atoms with E-state index in [9.17, 15) is 13.9 Å². The van der Waals surface area contributed by atoms with Crippen molar-refractivity contribution in [1.29, 1.82) is 0 Å². The summed E-state index contributed by atoms with van der Waals surface area (Å²) in [5.74, 6) is -1.88. The third kappa shape index (κ3) is 5.55. The number of benzene rings is 1. The number of nitrogens with zero attached hydrogens (tertiary/aromatic N) is 1. The monoisotopic (exact) mass is 326 g/mol. The van der Waals surface area contributed by atoms with Crippen molar-refractivity contribution in [3.63, 3.8) is 0 Å². The molecule has 0 radical (unpaired) electrons. The topological polar surface area (TPSA) is 67.8 Å².